The molecule has 0 saturated heterocycles. The Morgan fingerprint density at radius 2 is 1.60 bits per heavy atom. The number of hydrogen-bond donors (Lipinski definition) is 1. The van der Waals surface area contributed by atoms with Crippen molar-refractivity contribution in [2.75, 3.05) is 39.6 Å². The third kappa shape index (κ3) is 11.6. The van der Waals surface area contributed by atoms with Crippen LogP contribution in [0.25, 0.3) is 0 Å². The predicted molar refractivity (Wildman–Crippen MR) is 157 cm³/mol. The third-order valence-electron chi connectivity index (χ3n) is 6.20. The lowest BCUT2D eigenvalue weighted by Gasteiger charge is -2.25. The van der Waals surface area contributed by atoms with Crippen LogP contribution in [0.1, 0.15) is 55.1 Å². The summed E-state index contributed by atoms with van der Waals surface area (Å²) in [6, 6.07) is 12.9. The molecule has 12 nitrogen and oxygen atoms in total. The molecule has 236 valence electrons. The maximum Gasteiger partial charge on any atom is 0.306 e. The molecule has 1 unspecified atom stereocenters. The second-order valence-corrected chi connectivity index (χ2v) is 12.5. The van der Waals surface area contributed by atoms with Gasteiger partial charge in [-0.15, -0.1) is 0 Å². The highest BCUT2D eigenvalue weighted by atomic mass is 32.2. The molecule has 1 heterocycles. The van der Waals surface area contributed by atoms with Gasteiger partial charge in [-0.05, 0) is 56.5 Å². The molecule has 2 N–H and O–H groups in total. The Hall–Kier alpha value is -3.52. The average Bonchev–Trinajstić information content (AvgIpc) is 3.24. The summed E-state index contributed by atoms with van der Waals surface area (Å²) in [5, 5.41) is 0. The van der Waals surface area contributed by atoms with Crippen LogP contribution in [0.5, 0.6) is 5.75 Å². The minimum absolute atomic E-state index is 0.0468. The normalized spacial score (nSPS) is 13.9. The quantitative estimate of drug-likeness (QED) is 0.149. The Balaban J connectivity index is 1.32. The van der Waals surface area contributed by atoms with Crippen molar-refractivity contribution in [3.05, 3.63) is 65.2 Å². The highest BCUT2D eigenvalue weighted by molar-refractivity contribution is 7.85. The topological polar surface area (TPSA) is 161 Å². The molecule has 2 aromatic rings. The molecule has 0 aliphatic carbocycles. The van der Waals surface area contributed by atoms with E-state index in [1.165, 1.54) is 4.90 Å². The molecule has 0 radical (unpaired) electrons. The molecule has 0 bridgehead atoms. The fraction of sp³-hybridized carbons (Fsp3) is 0.500. The van der Waals surface area contributed by atoms with Crippen molar-refractivity contribution >= 4 is 27.9 Å². The minimum atomic E-state index is -3.68. The zero-order valence-corrected chi connectivity index (χ0v) is 25.6. The first-order chi connectivity index (χ1) is 20.3. The van der Waals surface area contributed by atoms with E-state index in [0.717, 1.165) is 0 Å². The number of carbonyl (C=O) groups excluding carboxylic acids is 3. The van der Waals surface area contributed by atoms with Gasteiger partial charge in [0.25, 0.3) is 16.0 Å². The molecule has 13 heteroatoms. The van der Waals surface area contributed by atoms with Gasteiger partial charge in [0, 0.05) is 18.5 Å². The van der Waals surface area contributed by atoms with Crippen LogP contribution in [0.2, 0.25) is 0 Å². The van der Waals surface area contributed by atoms with E-state index in [2.05, 4.69) is 0 Å². The van der Waals surface area contributed by atoms with E-state index in [-0.39, 0.29) is 70.7 Å². The second-order valence-electron chi connectivity index (χ2n) is 10.9. The smallest absolute Gasteiger partial charge is 0.306 e. The first kappa shape index (κ1) is 34.0. The van der Waals surface area contributed by atoms with Crippen molar-refractivity contribution in [1.82, 2.24) is 4.90 Å². The molecule has 0 spiro atoms. The first-order valence-electron chi connectivity index (χ1n) is 14.0. The van der Waals surface area contributed by atoms with Crippen molar-refractivity contribution in [3.8, 4) is 5.75 Å². The zero-order valence-electron chi connectivity index (χ0n) is 24.8. The first-order valence-corrected chi connectivity index (χ1v) is 15.6. The van der Waals surface area contributed by atoms with Gasteiger partial charge in [0.2, 0.25) is 5.91 Å². The summed E-state index contributed by atoms with van der Waals surface area (Å²) in [5.41, 5.74) is 6.71. The maximum absolute atomic E-state index is 13.0. The van der Waals surface area contributed by atoms with Crippen molar-refractivity contribution in [1.29, 1.82) is 0 Å². The van der Waals surface area contributed by atoms with Gasteiger partial charge in [0.15, 0.2) is 0 Å². The van der Waals surface area contributed by atoms with Gasteiger partial charge >= 0.3 is 5.97 Å². The molecule has 3 rings (SSSR count). The minimum Gasteiger partial charge on any atom is -0.491 e. The fourth-order valence-corrected chi connectivity index (χ4v) is 5.35. The molecule has 1 aliphatic rings. The monoisotopic (exact) mass is 620 g/mol. The van der Waals surface area contributed by atoms with Gasteiger partial charge in [-0.1, -0.05) is 30.3 Å². The number of amides is 2. The van der Waals surface area contributed by atoms with Crippen LogP contribution < -0.4 is 10.5 Å². The summed E-state index contributed by atoms with van der Waals surface area (Å²) in [7, 11) is -3.68. The van der Waals surface area contributed by atoms with Gasteiger partial charge in [0.1, 0.15) is 29.8 Å². The van der Waals surface area contributed by atoms with Crippen LogP contribution in [0.15, 0.2) is 48.5 Å². The number of fused-ring (bicyclic) bond motifs is 1. The number of nitrogens with two attached hydrogens (primary N) is 1. The van der Waals surface area contributed by atoms with Gasteiger partial charge in [-0.25, -0.2) is 0 Å². The Morgan fingerprint density at radius 1 is 0.953 bits per heavy atom. The van der Waals surface area contributed by atoms with Gasteiger partial charge < -0.3 is 29.6 Å². The number of benzene rings is 2. The van der Waals surface area contributed by atoms with E-state index in [1.54, 1.807) is 63.2 Å². The summed E-state index contributed by atoms with van der Waals surface area (Å²) < 4.78 is 50.8. The summed E-state index contributed by atoms with van der Waals surface area (Å²) in [5.74, 6) is -1.16. The summed E-state index contributed by atoms with van der Waals surface area (Å²) in [6.07, 6.45) is 0.0175. The fourth-order valence-electron chi connectivity index (χ4n) is 4.34. The van der Waals surface area contributed by atoms with Crippen LogP contribution in [-0.2, 0) is 50.4 Å². The summed E-state index contributed by atoms with van der Waals surface area (Å²) in [4.78, 5) is 38.6. The van der Waals surface area contributed by atoms with Gasteiger partial charge in [-0.3, -0.25) is 18.6 Å². The lowest BCUT2D eigenvalue weighted by atomic mass is 10.1. The van der Waals surface area contributed by atoms with Crippen molar-refractivity contribution in [3.63, 3.8) is 0 Å². The Bertz CT molecular complexity index is 1340. The molecule has 0 saturated carbocycles. The highest BCUT2D eigenvalue weighted by Crippen LogP contribution is 2.29. The number of carbonyl (C=O) groups is 3. The summed E-state index contributed by atoms with van der Waals surface area (Å²) >= 11 is 0. The maximum atomic E-state index is 13.0. The Labute approximate surface area is 252 Å². The lowest BCUT2D eigenvalue weighted by Crippen LogP contribution is -2.45. The molecule has 2 amide bonds. The lowest BCUT2D eigenvalue weighted by molar-refractivity contribution is -0.155. The number of hydrogen-bond acceptors (Lipinski definition) is 10. The van der Waals surface area contributed by atoms with E-state index in [4.69, 9.17) is 28.9 Å². The van der Waals surface area contributed by atoms with Gasteiger partial charge in [0.05, 0.1) is 33.0 Å². The number of primary amides is 1. The number of nitrogens with zero attached hydrogens (tertiary/aromatic N) is 1. The van der Waals surface area contributed by atoms with E-state index in [9.17, 15) is 22.8 Å². The van der Waals surface area contributed by atoms with E-state index >= 15 is 0 Å². The second kappa shape index (κ2) is 15.8. The zero-order chi connectivity index (χ0) is 31.5. The predicted octanol–water partition coefficient (Wildman–Crippen LogP) is 2.58. The molecule has 1 atom stereocenters. The molecule has 2 aromatic carbocycles. The number of esters is 1. The van der Waals surface area contributed by atoms with E-state index < -0.39 is 33.6 Å². The van der Waals surface area contributed by atoms with Crippen LogP contribution >= 0.6 is 0 Å². The average molecular weight is 621 g/mol. The van der Waals surface area contributed by atoms with Crippen molar-refractivity contribution in [2.24, 2.45) is 5.73 Å². The van der Waals surface area contributed by atoms with Crippen LogP contribution in [-0.4, -0.2) is 82.4 Å². The number of ether oxygens (including phenoxy) is 4. The molecule has 0 fully saturated rings. The largest absolute Gasteiger partial charge is 0.491 e. The molecular formula is C30H40N2O10S. The Kier molecular flexibility index (Phi) is 12.5. The summed E-state index contributed by atoms with van der Waals surface area (Å²) in [6.45, 7) is 6.51. The Morgan fingerprint density at radius 3 is 2.26 bits per heavy atom. The van der Waals surface area contributed by atoms with E-state index in [1.807, 2.05) is 6.07 Å². The molecule has 0 aromatic heterocycles. The standard InChI is InChI=1S/C30H40N2O10S/c1-30(2,3)42-27(33)12-11-26(28(31)34)32-20-23-19-24(9-10-25(23)29(32)35)40-17-15-38-13-14-39-16-18-41-43(36,37)21-22-7-5-4-6-8-22/h4-10,19,26H,11-18,20-21H2,1-3H3,(H2,31,34). The molecule has 43 heavy (non-hydrogen) atoms. The number of rotatable bonds is 18. The van der Waals surface area contributed by atoms with Crippen LogP contribution in [0.4, 0.5) is 0 Å². The SMILES string of the molecule is CC(C)(C)OC(=O)CCC(C(N)=O)N1Cc2cc(OCCOCCOCCOS(=O)(=O)Cc3ccccc3)ccc2C1=O. The van der Waals surface area contributed by atoms with Crippen LogP contribution in [0.3, 0.4) is 0 Å². The third-order valence-corrected chi connectivity index (χ3v) is 7.41. The highest BCUT2D eigenvalue weighted by Gasteiger charge is 2.36. The van der Waals surface area contributed by atoms with Crippen molar-refractivity contribution in [2.45, 2.75) is 57.6 Å². The van der Waals surface area contributed by atoms with Crippen molar-refractivity contribution < 1.29 is 45.9 Å². The van der Waals surface area contributed by atoms with Gasteiger partial charge in [-0.2, -0.15) is 8.42 Å². The van der Waals surface area contributed by atoms with E-state index in [0.29, 0.717) is 22.4 Å². The van der Waals surface area contributed by atoms with Crippen LogP contribution in [0, 0.1) is 0 Å². The molecular weight excluding hydrogens is 580 g/mol. The molecule has 1 aliphatic heterocycles.